The predicted octanol–water partition coefficient (Wildman–Crippen LogP) is 14.7. The van der Waals surface area contributed by atoms with E-state index in [9.17, 15) is 19.5 Å². The minimum atomic E-state index is -1.63. The lowest BCUT2D eigenvalue weighted by molar-refractivity contribution is -0.870. The van der Waals surface area contributed by atoms with Crippen molar-refractivity contribution in [2.45, 2.75) is 251 Å². The SMILES string of the molecule is CC/C=C\C/C=C\C/C=C\C/C=C\C/C=C\CCCCCC(=O)OC(COC(=O)CCCCCCCCCCCCCCCCCCCCCCCCCC)COC(OCC[N+](C)(C)C)C(=O)[O-]. The molecule has 0 aliphatic heterocycles. The molecule has 68 heavy (non-hydrogen) atoms. The molecule has 0 fully saturated rings. The standard InChI is InChI=1S/C59H105NO8/c1-6-8-10-12-14-16-18-20-22-24-26-27-28-29-30-32-33-35-37-39-41-43-45-47-49-56(61)66-53-55(54-67-59(58(63)64)65-52-51-60(3,4)5)68-57(62)50-48-46-44-42-40-38-36-34-31-25-23-21-19-17-15-13-11-9-7-2/h9,11,15,17,21,23,31,34,38,40,55,59H,6-8,10,12-14,16,18-20,22,24-30,32-33,35-37,39,41-54H2,1-5H3/b11-9-,17-15-,23-21-,34-31-,40-38-. The Morgan fingerprint density at radius 2 is 0.838 bits per heavy atom. The molecule has 9 heteroatoms. The van der Waals surface area contributed by atoms with Crippen LogP contribution in [0.2, 0.25) is 0 Å². The van der Waals surface area contributed by atoms with E-state index < -0.39 is 24.3 Å². The zero-order chi connectivity index (χ0) is 49.9. The van der Waals surface area contributed by atoms with Gasteiger partial charge in [-0.05, 0) is 57.8 Å². The molecular formula is C59H105NO8. The average molecular weight is 956 g/mol. The van der Waals surface area contributed by atoms with Crippen molar-refractivity contribution in [3.63, 3.8) is 0 Å². The number of carbonyl (C=O) groups excluding carboxylic acids is 3. The third kappa shape index (κ3) is 50.9. The lowest BCUT2D eigenvalue weighted by Gasteiger charge is -2.26. The molecule has 0 aromatic carbocycles. The minimum Gasteiger partial charge on any atom is -0.545 e. The fraction of sp³-hybridized carbons (Fsp3) is 0.780. The number of esters is 2. The molecule has 0 heterocycles. The summed E-state index contributed by atoms with van der Waals surface area (Å²) in [5.74, 6) is -2.32. The first kappa shape index (κ1) is 65.0. The smallest absolute Gasteiger partial charge is 0.306 e. The van der Waals surface area contributed by atoms with Crippen LogP contribution < -0.4 is 5.11 Å². The van der Waals surface area contributed by atoms with Gasteiger partial charge in [0.1, 0.15) is 13.2 Å². The Hall–Kier alpha value is -3.01. The van der Waals surface area contributed by atoms with E-state index in [1.165, 1.54) is 135 Å². The zero-order valence-electron chi connectivity index (χ0n) is 44.7. The number of unbranched alkanes of at least 4 members (excludes halogenated alkanes) is 26. The highest BCUT2D eigenvalue weighted by Gasteiger charge is 2.22. The zero-order valence-corrected chi connectivity index (χ0v) is 44.7. The predicted molar refractivity (Wildman–Crippen MR) is 283 cm³/mol. The van der Waals surface area contributed by atoms with Crippen molar-refractivity contribution in [2.24, 2.45) is 0 Å². The lowest BCUT2D eigenvalue weighted by Crippen LogP contribution is -2.44. The molecule has 0 aromatic heterocycles. The molecule has 0 spiro atoms. The first-order chi connectivity index (χ1) is 33.1. The van der Waals surface area contributed by atoms with Crippen LogP contribution in [0, 0.1) is 0 Å². The van der Waals surface area contributed by atoms with Crippen LogP contribution in [-0.4, -0.2) is 82.3 Å². The molecule has 0 aliphatic carbocycles. The Morgan fingerprint density at radius 1 is 0.456 bits per heavy atom. The van der Waals surface area contributed by atoms with Gasteiger partial charge in [0, 0.05) is 12.8 Å². The van der Waals surface area contributed by atoms with Gasteiger partial charge in [0.15, 0.2) is 12.4 Å². The van der Waals surface area contributed by atoms with Gasteiger partial charge in [-0.2, -0.15) is 0 Å². The summed E-state index contributed by atoms with van der Waals surface area (Å²) in [6.45, 7) is 4.61. The Kier molecular flexibility index (Phi) is 48.2. The maximum Gasteiger partial charge on any atom is 0.306 e. The van der Waals surface area contributed by atoms with E-state index in [-0.39, 0.29) is 38.6 Å². The molecule has 0 bridgehead atoms. The van der Waals surface area contributed by atoms with Crippen molar-refractivity contribution in [1.29, 1.82) is 0 Å². The first-order valence-corrected chi connectivity index (χ1v) is 27.9. The average Bonchev–Trinajstić information content (AvgIpc) is 3.30. The second-order valence-electron chi connectivity index (χ2n) is 19.9. The number of ether oxygens (including phenoxy) is 4. The van der Waals surface area contributed by atoms with Crippen molar-refractivity contribution >= 4 is 17.9 Å². The van der Waals surface area contributed by atoms with Crippen LogP contribution in [0.25, 0.3) is 0 Å². The second-order valence-corrected chi connectivity index (χ2v) is 19.9. The van der Waals surface area contributed by atoms with E-state index in [0.29, 0.717) is 17.4 Å². The molecule has 394 valence electrons. The van der Waals surface area contributed by atoms with Crippen molar-refractivity contribution in [2.75, 3.05) is 47.5 Å². The fourth-order valence-corrected chi connectivity index (χ4v) is 7.74. The number of carbonyl (C=O) groups is 3. The quantitative estimate of drug-likeness (QED) is 0.0195. The maximum absolute atomic E-state index is 12.8. The van der Waals surface area contributed by atoms with Gasteiger partial charge < -0.3 is 33.3 Å². The summed E-state index contributed by atoms with van der Waals surface area (Å²) >= 11 is 0. The highest BCUT2D eigenvalue weighted by atomic mass is 16.7. The van der Waals surface area contributed by atoms with Gasteiger partial charge in [0.2, 0.25) is 0 Å². The molecule has 0 radical (unpaired) electrons. The third-order valence-corrected chi connectivity index (χ3v) is 12.0. The Balaban J connectivity index is 4.29. The van der Waals surface area contributed by atoms with Gasteiger partial charge in [-0.3, -0.25) is 9.59 Å². The van der Waals surface area contributed by atoms with E-state index in [1.54, 1.807) is 0 Å². The number of allylic oxidation sites excluding steroid dienone is 10. The monoisotopic (exact) mass is 956 g/mol. The molecule has 0 N–H and O–H groups in total. The maximum atomic E-state index is 12.8. The topological polar surface area (TPSA) is 111 Å². The summed E-state index contributed by atoms with van der Waals surface area (Å²) < 4.78 is 22.6. The molecule has 0 aliphatic rings. The molecule has 2 unspecified atom stereocenters. The number of nitrogens with zero attached hydrogens (tertiary/aromatic N) is 1. The van der Waals surface area contributed by atoms with Crippen molar-refractivity contribution in [3.8, 4) is 0 Å². The largest absolute Gasteiger partial charge is 0.545 e. The van der Waals surface area contributed by atoms with Crippen molar-refractivity contribution < 1.29 is 42.9 Å². The highest BCUT2D eigenvalue weighted by Crippen LogP contribution is 2.17. The molecular weight excluding hydrogens is 851 g/mol. The summed E-state index contributed by atoms with van der Waals surface area (Å²) in [4.78, 5) is 37.2. The van der Waals surface area contributed by atoms with Crippen LogP contribution in [0.15, 0.2) is 60.8 Å². The Bertz CT molecular complexity index is 1300. The molecule has 0 saturated heterocycles. The van der Waals surface area contributed by atoms with Crippen molar-refractivity contribution in [1.82, 2.24) is 0 Å². The normalized spacial score (nSPS) is 13.2. The van der Waals surface area contributed by atoms with E-state index >= 15 is 0 Å². The summed E-state index contributed by atoms with van der Waals surface area (Å²) in [6.07, 6.45) is 59.9. The molecule has 0 saturated carbocycles. The summed E-state index contributed by atoms with van der Waals surface area (Å²) in [7, 11) is 5.91. The number of carboxylic acids is 1. The second kappa shape index (κ2) is 50.4. The van der Waals surface area contributed by atoms with E-state index in [2.05, 4.69) is 74.6 Å². The number of hydrogen-bond acceptors (Lipinski definition) is 8. The van der Waals surface area contributed by atoms with E-state index in [0.717, 1.165) is 70.6 Å². The van der Waals surface area contributed by atoms with Crippen LogP contribution in [0.5, 0.6) is 0 Å². The van der Waals surface area contributed by atoms with Crippen LogP contribution in [0.4, 0.5) is 0 Å². The highest BCUT2D eigenvalue weighted by molar-refractivity contribution is 5.70. The fourth-order valence-electron chi connectivity index (χ4n) is 7.74. The molecule has 2 atom stereocenters. The van der Waals surface area contributed by atoms with E-state index in [1.807, 2.05) is 21.1 Å². The van der Waals surface area contributed by atoms with Crippen LogP contribution >= 0.6 is 0 Å². The Labute approximate surface area is 418 Å². The van der Waals surface area contributed by atoms with Crippen molar-refractivity contribution in [3.05, 3.63) is 60.8 Å². The lowest BCUT2D eigenvalue weighted by atomic mass is 10.0. The number of hydrogen-bond donors (Lipinski definition) is 0. The van der Waals surface area contributed by atoms with Gasteiger partial charge in [0.25, 0.3) is 0 Å². The molecule has 0 aromatic rings. The number of aliphatic carboxylic acids is 1. The van der Waals surface area contributed by atoms with Gasteiger partial charge in [-0.25, -0.2) is 0 Å². The van der Waals surface area contributed by atoms with E-state index in [4.69, 9.17) is 18.9 Å². The van der Waals surface area contributed by atoms with Gasteiger partial charge in [-0.1, -0.05) is 229 Å². The first-order valence-electron chi connectivity index (χ1n) is 27.9. The number of carboxylic acid groups (broad SMARTS) is 1. The van der Waals surface area contributed by atoms with Crippen LogP contribution in [-0.2, 0) is 33.3 Å². The summed E-state index contributed by atoms with van der Waals surface area (Å²) in [6, 6.07) is 0. The number of rotatable bonds is 51. The van der Waals surface area contributed by atoms with Gasteiger partial charge in [-0.15, -0.1) is 0 Å². The van der Waals surface area contributed by atoms with Crippen LogP contribution in [0.1, 0.15) is 239 Å². The van der Waals surface area contributed by atoms with Crippen LogP contribution in [0.3, 0.4) is 0 Å². The Morgan fingerprint density at radius 3 is 1.25 bits per heavy atom. The van der Waals surface area contributed by atoms with Gasteiger partial charge in [0.05, 0.1) is 40.3 Å². The summed E-state index contributed by atoms with van der Waals surface area (Å²) in [5.41, 5.74) is 0. The summed E-state index contributed by atoms with van der Waals surface area (Å²) in [5, 5.41) is 11.8. The third-order valence-electron chi connectivity index (χ3n) is 12.0. The minimum absolute atomic E-state index is 0.140. The van der Waals surface area contributed by atoms with Gasteiger partial charge >= 0.3 is 11.9 Å². The number of likely N-dealkylation sites (N-methyl/N-ethyl adjacent to an activating group) is 1. The molecule has 0 rings (SSSR count). The number of quaternary nitrogens is 1. The molecule has 0 amide bonds. The molecule has 9 nitrogen and oxygen atoms in total.